The van der Waals surface area contributed by atoms with Crippen LogP contribution in [0.15, 0.2) is 40.9 Å². The van der Waals surface area contributed by atoms with Crippen molar-refractivity contribution in [3.63, 3.8) is 0 Å². The van der Waals surface area contributed by atoms with E-state index in [9.17, 15) is 9.50 Å². The van der Waals surface area contributed by atoms with Crippen LogP contribution < -0.4 is 4.74 Å². The summed E-state index contributed by atoms with van der Waals surface area (Å²) in [6.45, 7) is 0.741. The van der Waals surface area contributed by atoms with Gasteiger partial charge in [0.1, 0.15) is 11.6 Å². The van der Waals surface area contributed by atoms with Gasteiger partial charge in [-0.05, 0) is 52.0 Å². The number of aliphatic hydroxyl groups excluding tert-OH is 1. The van der Waals surface area contributed by atoms with E-state index in [-0.39, 0.29) is 5.82 Å². The van der Waals surface area contributed by atoms with E-state index in [0.29, 0.717) is 22.9 Å². The minimum Gasteiger partial charge on any atom is -0.493 e. The Morgan fingerprint density at radius 2 is 2.14 bits per heavy atom. The Morgan fingerprint density at radius 1 is 1.29 bits per heavy atom. The van der Waals surface area contributed by atoms with Gasteiger partial charge in [-0.15, -0.1) is 0 Å². The van der Waals surface area contributed by atoms with Crippen LogP contribution in [0, 0.1) is 5.82 Å². The van der Waals surface area contributed by atoms with Crippen molar-refractivity contribution in [1.29, 1.82) is 0 Å². The molecule has 0 aromatic heterocycles. The molecule has 2 aromatic carbocycles. The topological polar surface area (TPSA) is 29.5 Å². The molecule has 1 unspecified atom stereocenters. The minimum absolute atomic E-state index is 0.342. The second-order valence-corrected chi connectivity index (χ2v) is 6.09. The van der Waals surface area contributed by atoms with Gasteiger partial charge in [0.25, 0.3) is 0 Å². The van der Waals surface area contributed by atoms with Gasteiger partial charge in [-0.3, -0.25) is 0 Å². The molecule has 1 aliphatic heterocycles. The van der Waals surface area contributed by atoms with Crippen molar-refractivity contribution in [2.24, 2.45) is 0 Å². The van der Waals surface area contributed by atoms with Crippen molar-refractivity contribution < 1.29 is 14.2 Å². The van der Waals surface area contributed by atoms with Gasteiger partial charge >= 0.3 is 0 Å². The zero-order valence-corrected chi connectivity index (χ0v) is 13.1. The highest BCUT2D eigenvalue weighted by molar-refractivity contribution is 9.10. The van der Waals surface area contributed by atoms with Crippen molar-refractivity contribution in [3.8, 4) is 5.75 Å². The van der Waals surface area contributed by atoms with E-state index in [4.69, 9.17) is 4.74 Å². The van der Waals surface area contributed by atoms with Gasteiger partial charge in [-0.25, -0.2) is 4.39 Å². The van der Waals surface area contributed by atoms with Crippen molar-refractivity contribution in [2.75, 3.05) is 6.61 Å². The van der Waals surface area contributed by atoms with Crippen LogP contribution >= 0.6 is 15.9 Å². The van der Waals surface area contributed by atoms with Gasteiger partial charge in [0.2, 0.25) is 0 Å². The number of aliphatic hydroxyl groups is 1. The normalized spacial score (nSPS) is 14.6. The van der Waals surface area contributed by atoms with Crippen molar-refractivity contribution in [3.05, 3.63) is 63.4 Å². The number of rotatable bonds is 4. The minimum atomic E-state index is -0.799. The van der Waals surface area contributed by atoms with Gasteiger partial charge in [-0.2, -0.15) is 0 Å². The maximum atomic E-state index is 13.9. The van der Waals surface area contributed by atoms with Crippen LogP contribution in [0.1, 0.15) is 29.2 Å². The molecule has 1 aliphatic rings. The first kappa shape index (κ1) is 14.5. The predicted molar refractivity (Wildman–Crippen MR) is 83.0 cm³/mol. The van der Waals surface area contributed by atoms with Gasteiger partial charge in [0.15, 0.2) is 0 Å². The fourth-order valence-corrected chi connectivity index (χ4v) is 3.01. The largest absolute Gasteiger partial charge is 0.493 e. The summed E-state index contributed by atoms with van der Waals surface area (Å²) in [6, 6.07) is 11.1. The molecule has 4 heteroatoms. The molecule has 0 fully saturated rings. The molecule has 21 heavy (non-hydrogen) atoms. The van der Waals surface area contributed by atoms with Gasteiger partial charge in [-0.1, -0.05) is 24.3 Å². The quantitative estimate of drug-likeness (QED) is 0.895. The molecule has 0 spiro atoms. The lowest BCUT2D eigenvalue weighted by Crippen LogP contribution is -2.03. The van der Waals surface area contributed by atoms with Crippen LogP contribution in [0.5, 0.6) is 5.75 Å². The number of aryl methyl sites for hydroxylation is 1. The maximum Gasteiger partial charge on any atom is 0.143 e. The van der Waals surface area contributed by atoms with Crippen LogP contribution in [-0.4, -0.2) is 11.7 Å². The number of hydrogen-bond acceptors (Lipinski definition) is 2. The smallest absolute Gasteiger partial charge is 0.143 e. The lowest BCUT2D eigenvalue weighted by molar-refractivity contribution is 0.163. The summed E-state index contributed by atoms with van der Waals surface area (Å²) < 4.78 is 19.8. The highest BCUT2D eigenvalue weighted by atomic mass is 79.9. The van der Waals surface area contributed by atoms with Crippen molar-refractivity contribution in [2.45, 2.75) is 25.4 Å². The zero-order chi connectivity index (χ0) is 14.8. The van der Waals surface area contributed by atoms with Crippen LogP contribution in [0.4, 0.5) is 4.39 Å². The summed E-state index contributed by atoms with van der Waals surface area (Å²) in [6.07, 6.45) is 1.34. The monoisotopic (exact) mass is 350 g/mol. The van der Waals surface area contributed by atoms with Crippen LogP contribution in [-0.2, 0) is 12.8 Å². The second-order valence-electron chi connectivity index (χ2n) is 5.24. The van der Waals surface area contributed by atoms with E-state index in [1.54, 1.807) is 18.2 Å². The van der Waals surface area contributed by atoms with Gasteiger partial charge < -0.3 is 9.84 Å². The zero-order valence-electron chi connectivity index (χ0n) is 11.5. The fraction of sp³-hybridized carbons (Fsp3) is 0.294. The first-order valence-electron chi connectivity index (χ1n) is 7.02. The molecule has 0 saturated heterocycles. The molecule has 1 atom stereocenters. The molecule has 0 aliphatic carbocycles. The third-order valence-electron chi connectivity index (χ3n) is 3.80. The van der Waals surface area contributed by atoms with Crippen molar-refractivity contribution in [1.82, 2.24) is 0 Å². The lowest BCUT2D eigenvalue weighted by Gasteiger charge is -2.13. The average molecular weight is 351 g/mol. The SMILES string of the molecule is OC(CCc1ccc2c(c1)CCO2)c1cccc(Br)c1F. The molecule has 110 valence electrons. The molecule has 3 rings (SSSR count). The highest BCUT2D eigenvalue weighted by Gasteiger charge is 2.16. The molecule has 0 radical (unpaired) electrons. The van der Waals surface area contributed by atoms with E-state index >= 15 is 0 Å². The summed E-state index contributed by atoms with van der Waals surface area (Å²) in [4.78, 5) is 0. The van der Waals surface area contributed by atoms with E-state index in [1.165, 1.54) is 5.56 Å². The molecule has 0 bridgehead atoms. The number of hydrogen-bond donors (Lipinski definition) is 1. The van der Waals surface area contributed by atoms with E-state index in [1.807, 2.05) is 12.1 Å². The second kappa shape index (κ2) is 6.16. The Hall–Kier alpha value is -1.39. The predicted octanol–water partition coefficient (Wildman–Crippen LogP) is 4.19. The standard InChI is InChI=1S/C17H16BrFO2/c18-14-3-1-2-13(17(14)19)15(20)6-4-11-5-7-16-12(10-11)8-9-21-16/h1-3,5,7,10,15,20H,4,6,8-9H2. The number of benzene rings is 2. The number of halogens is 2. The summed E-state index contributed by atoms with van der Waals surface area (Å²) in [5, 5.41) is 10.2. The number of fused-ring (bicyclic) bond motifs is 1. The van der Waals surface area contributed by atoms with E-state index in [2.05, 4.69) is 22.0 Å². The maximum absolute atomic E-state index is 13.9. The fourth-order valence-electron chi connectivity index (χ4n) is 2.63. The average Bonchev–Trinajstić information content (AvgIpc) is 2.95. The Bertz CT molecular complexity index is 657. The van der Waals surface area contributed by atoms with Gasteiger partial charge in [0, 0.05) is 12.0 Å². The molecular formula is C17H16BrFO2. The molecular weight excluding hydrogens is 335 g/mol. The van der Waals surface area contributed by atoms with Crippen LogP contribution in [0.2, 0.25) is 0 Å². The molecule has 2 aromatic rings. The van der Waals surface area contributed by atoms with E-state index in [0.717, 1.165) is 24.3 Å². The summed E-state index contributed by atoms with van der Waals surface area (Å²) in [5.74, 6) is 0.574. The first-order valence-corrected chi connectivity index (χ1v) is 7.81. The molecule has 1 N–H and O–H groups in total. The molecule has 0 amide bonds. The lowest BCUT2D eigenvalue weighted by atomic mass is 9.99. The summed E-state index contributed by atoms with van der Waals surface area (Å²) in [5.41, 5.74) is 2.71. The van der Waals surface area contributed by atoms with Crippen LogP contribution in [0.3, 0.4) is 0 Å². The van der Waals surface area contributed by atoms with Crippen molar-refractivity contribution >= 4 is 15.9 Å². The highest BCUT2D eigenvalue weighted by Crippen LogP contribution is 2.29. The van der Waals surface area contributed by atoms with Gasteiger partial charge in [0.05, 0.1) is 17.2 Å². The Balaban J connectivity index is 1.68. The Labute approximate surface area is 131 Å². The molecule has 0 saturated carbocycles. The summed E-state index contributed by atoms with van der Waals surface area (Å²) in [7, 11) is 0. The number of ether oxygens (including phenoxy) is 1. The summed E-state index contributed by atoms with van der Waals surface area (Å²) >= 11 is 3.14. The molecule has 1 heterocycles. The Kier molecular flexibility index (Phi) is 4.27. The van der Waals surface area contributed by atoms with E-state index < -0.39 is 6.10 Å². The molecule has 2 nitrogen and oxygen atoms in total. The Morgan fingerprint density at radius 3 is 3.00 bits per heavy atom. The third kappa shape index (κ3) is 3.11. The third-order valence-corrected chi connectivity index (χ3v) is 4.41. The van der Waals surface area contributed by atoms with Crippen LogP contribution in [0.25, 0.3) is 0 Å². The first-order chi connectivity index (χ1) is 10.1.